The number of nitrogens with zero attached hydrogens (tertiary/aromatic N) is 3. The van der Waals surface area contributed by atoms with E-state index in [9.17, 15) is 5.11 Å². The van der Waals surface area contributed by atoms with Crippen LogP contribution < -0.4 is 0 Å². The van der Waals surface area contributed by atoms with Crippen molar-refractivity contribution in [2.75, 3.05) is 0 Å². The molecule has 1 aromatic carbocycles. The summed E-state index contributed by atoms with van der Waals surface area (Å²) in [6, 6.07) is 8.34. The van der Waals surface area contributed by atoms with Crippen molar-refractivity contribution < 1.29 is 5.11 Å². The molecule has 1 N–H and O–H groups in total. The van der Waals surface area contributed by atoms with Crippen molar-refractivity contribution in [1.29, 1.82) is 0 Å². The Labute approximate surface area is 194 Å². The predicted octanol–water partition coefficient (Wildman–Crippen LogP) is 7.76. The Morgan fingerprint density at radius 2 is 1.47 bits per heavy atom. The molecule has 0 saturated heterocycles. The average molecular weight is 436 g/mol. The summed E-state index contributed by atoms with van der Waals surface area (Å²) in [6.07, 6.45) is 9.40. The Balaban J connectivity index is 2.04. The molecule has 0 saturated carbocycles. The molecule has 2 heterocycles. The van der Waals surface area contributed by atoms with Gasteiger partial charge < -0.3 is 5.11 Å². The number of rotatable bonds is 8. The number of hydrogen-bond donors (Lipinski definition) is 1. The molecule has 0 spiro atoms. The summed E-state index contributed by atoms with van der Waals surface area (Å²) in [5.41, 5.74) is 4.53. The summed E-state index contributed by atoms with van der Waals surface area (Å²) in [5, 5.41) is 17.2. The molecule has 0 aliphatic heterocycles. The Hall–Kier alpha value is -2.36. The number of aryl methyl sites for hydroxylation is 1. The van der Waals surface area contributed by atoms with Crippen LogP contribution in [-0.4, -0.2) is 19.9 Å². The van der Waals surface area contributed by atoms with Gasteiger partial charge in [-0.3, -0.25) is 0 Å². The third kappa shape index (κ3) is 5.33. The Morgan fingerprint density at radius 3 is 2.06 bits per heavy atom. The van der Waals surface area contributed by atoms with Gasteiger partial charge in [0.05, 0.1) is 0 Å². The molecule has 4 heteroatoms. The van der Waals surface area contributed by atoms with E-state index in [4.69, 9.17) is 5.10 Å². The summed E-state index contributed by atoms with van der Waals surface area (Å²) in [6.45, 7) is 16.0. The Morgan fingerprint density at radius 1 is 0.875 bits per heavy atom. The fraction of sp³-hybridized carbons (Fsp3) is 0.571. The molecule has 3 aromatic rings. The van der Waals surface area contributed by atoms with E-state index >= 15 is 0 Å². The summed E-state index contributed by atoms with van der Waals surface area (Å²) >= 11 is 0. The van der Waals surface area contributed by atoms with Gasteiger partial charge in [0, 0.05) is 34.8 Å². The van der Waals surface area contributed by atoms with Gasteiger partial charge in [-0.1, -0.05) is 80.6 Å². The largest absolute Gasteiger partial charge is 0.507 e. The van der Waals surface area contributed by atoms with E-state index in [1.54, 1.807) is 0 Å². The number of fused-ring (bicyclic) bond motifs is 1. The minimum Gasteiger partial charge on any atom is -0.507 e. The molecule has 0 atom stereocenters. The van der Waals surface area contributed by atoms with Crippen LogP contribution in [0.1, 0.15) is 98.1 Å². The smallest absolute Gasteiger partial charge is 0.158 e. The molecule has 4 nitrogen and oxygen atoms in total. The lowest BCUT2D eigenvalue weighted by molar-refractivity contribution is 0.423. The minimum atomic E-state index is -0.171. The number of phenolic OH excluding ortho intramolecular Hbond substituents is 1. The quantitative estimate of drug-likeness (QED) is 0.368. The predicted molar refractivity (Wildman–Crippen MR) is 135 cm³/mol. The van der Waals surface area contributed by atoms with Crippen molar-refractivity contribution in [2.24, 2.45) is 0 Å². The molecule has 32 heavy (non-hydrogen) atoms. The number of unbranched alkanes of at least 4 members (excludes halogenated alkanes) is 5. The van der Waals surface area contributed by atoms with Crippen LogP contribution in [0.15, 0.2) is 30.5 Å². The molecule has 0 unspecified atom stereocenters. The maximum Gasteiger partial charge on any atom is 0.158 e. The van der Waals surface area contributed by atoms with E-state index in [2.05, 4.69) is 76.3 Å². The van der Waals surface area contributed by atoms with Gasteiger partial charge in [0.15, 0.2) is 5.65 Å². The van der Waals surface area contributed by atoms with Crippen LogP contribution in [-0.2, 0) is 17.4 Å². The van der Waals surface area contributed by atoms with Crippen molar-refractivity contribution in [3.8, 4) is 17.0 Å². The molecule has 0 amide bonds. The van der Waals surface area contributed by atoms with Gasteiger partial charge >= 0.3 is 0 Å². The topological polar surface area (TPSA) is 50.9 Å². The monoisotopic (exact) mass is 435 g/mol. The van der Waals surface area contributed by atoms with Gasteiger partial charge in [0.25, 0.3) is 0 Å². The van der Waals surface area contributed by atoms with Gasteiger partial charge in [-0.15, -0.1) is 0 Å². The van der Waals surface area contributed by atoms with Crippen LogP contribution in [0.4, 0.5) is 0 Å². The summed E-state index contributed by atoms with van der Waals surface area (Å²) < 4.78 is 2.07. The number of aromatic hydroxyl groups is 1. The molecule has 0 aliphatic rings. The van der Waals surface area contributed by atoms with Gasteiger partial charge in [-0.05, 0) is 41.5 Å². The fourth-order valence-electron chi connectivity index (χ4n) is 4.34. The minimum absolute atomic E-state index is 0.171. The van der Waals surface area contributed by atoms with Gasteiger partial charge in [-0.25, -0.2) is 9.67 Å². The highest BCUT2D eigenvalue weighted by molar-refractivity contribution is 5.91. The maximum atomic E-state index is 11.1. The zero-order chi connectivity index (χ0) is 23.5. The maximum absolute atomic E-state index is 11.1. The highest BCUT2D eigenvalue weighted by Gasteiger charge is 2.28. The molecule has 3 rings (SSSR count). The second kappa shape index (κ2) is 9.64. The zero-order valence-corrected chi connectivity index (χ0v) is 21.1. The first-order valence-electron chi connectivity index (χ1n) is 12.2. The van der Waals surface area contributed by atoms with Crippen molar-refractivity contribution in [3.63, 3.8) is 0 Å². The van der Waals surface area contributed by atoms with Crippen LogP contribution in [0.5, 0.6) is 5.75 Å². The van der Waals surface area contributed by atoms with Crippen LogP contribution >= 0.6 is 0 Å². The van der Waals surface area contributed by atoms with Gasteiger partial charge in [-0.2, -0.15) is 5.10 Å². The van der Waals surface area contributed by atoms with Gasteiger partial charge in [0.1, 0.15) is 11.4 Å². The molecule has 174 valence electrons. The third-order valence-electron chi connectivity index (χ3n) is 6.23. The standard InChI is InChI=1S/C28H41N3O/c1-8-9-10-11-12-13-17-31-26-21(15-14-16-29-26)24(30-31)20-18-22(27(2,3)4)25(32)23(19-20)28(5,6)7/h14-16,18-19,32H,8-13,17H2,1-7H3. The number of pyridine rings is 1. The number of aromatic nitrogens is 3. The van der Waals surface area contributed by atoms with Gasteiger partial charge in [0.2, 0.25) is 0 Å². The summed E-state index contributed by atoms with van der Waals surface area (Å²) in [4.78, 5) is 4.67. The van der Waals surface area contributed by atoms with E-state index in [1.807, 2.05) is 12.3 Å². The summed E-state index contributed by atoms with van der Waals surface area (Å²) in [7, 11) is 0. The normalized spacial score (nSPS) is 12.6. The van der Waals surface area contributed by atoms with Crippen molar-refractivity contribution in [2.45, 2.75) is 104 Å². The Kier molecular flexibility index (Phi) is 7.32. The first kappa shape index (κ1) is 24.3. The molecule has 0 aliphatic carbocycles. The number of benzene rings is 1. The lowest BCUT2D eigenvalue weighted by Crippen LogP contribution is -2.17. The lowest BCUT2D eigenvalue weighted by atomic mass is 9.78. The van der Waals surface area contributed by atoms with E-state index in [-0.39, 0.29) is 10.8 Å². The SMILES string of the molecule is CCCCCCCCn1nc(-c2cc(C(C)(C)C)c(O)c(C(C)(C)C)c2)c2cccnc21. The number of phenols is 1. The molecule has 0 fully saturated rings. The highest BCUT2D eigenvalue weighted by Crippen LogP contribution is 2.42. The zero-order valence-electron chi connectivity index (χ0n) is 21.1. The first-order valence-corrected chi connectivity index (χ1v) is 12.2. The van der Waals surface area contributed by atoms with Crippen LogP contribution in [0.25, 0.3) is 22.3 Å². The molecule has 2 aromatic heterocycles. The van der Waals surface area contributed by atoms with Crippen LogP contribution in [0.3, 0.4) is 0 Å². The Bertz CT molecular complexity index is 1020. The van der Waals surface area contributed by atoms with E-state index in [0.29, 0.717) is 5.75 Å². The lowest BCUT2D eigenvalue weighted by Gasteiger charge is -2.28. The van der Waals surface area contributed by atoms with Crippen molar-refractivity contribution in [3.05, 3.63) is 41.6 Å². The fourth-order valence-corrected chi connectivity index (χ4v) is 4.34. The van der Waals surface area contributed by atoms with Crippen molar-refractivity contribution in [1.82, 2.24) is 14.8 Å². The number of hydrogen-bond acceptors (Lipinski definition) is 3. The molecule has 0 radical (unpaired) electrons. The second-order valence-electron chi connectivity index (χ2n) is 11.1. The van der Waals surface area contributed by atoms with Crippen LogP contribution in [0, 0.1) is 0 Å². The second-order valence-corrected chi connectivity index (χ2v) is 11.1. The van der Waals surface area contributed by atoms with E-state index in [1.165, 1.54) is 32.1 Å². The highest BCUT2D eigenvalue weighted by atomic mass is 16.3. The summed E-state index contributed by atoms with van der Waals surface area (Å²) in [5.74, 6) is 0.405. The van der Waals surface area contributed by atoms with Crippen molar-refractivity contribution >= 4 is 11.0 Å². The molecular weight excluding hydrogens is 394 g/mol. The van der Waals surface area contributed by atoms with Crippen LogP contribution in [0.2, 0.25) is 0 Å². The molecular formula is C28H41N3O. The van der Waals surface area contributed by atoms with E-state index < -0.39 is 0 Å². The first-order chi connectivity index (χ1) is 15.0. The molecule has 0 bridgehead atoms. The third-order valence-corrected chi connectivity index (χ3v) is 6.23. The average Bonchev–Trinajstić information content (AvgIpc) is 3.08. The van der Waals surface area contributed by atoms with E-state index in [0.717, 1.165) is 46.4 Å².